The minimum Gasteiger partial charge on any atom is -0.478 e. The SMILES string of the molecule is Nc1cc(OC(F)(F)F)c(C(=O)O)cc1F. The minimum atomic E-state index is -5.07. The van der Waals surface area contributed by atoms with Gasteiger partial charge >= 0.3 is 12.3 Å². The molecule has 1 aromatic rings. The zero-order valence-electron chi connectivity index (χ0n) is 7.51. The van der Waals surface area contributed by atoms with Crippen LogP contribution in [0.1, 0.15) is 10.4 Å². The van der Waals surface area contributed by atoms with Crippen LogP contribution >= 0.6 is 0 Å². The van der Waals surface area contributed by atoms with Crippen molar-refractivity contribution >= 4 is 11.7 Å². The maximum absolute atomic E-state index is 12.8. The van der Waals surface area contributed by atoms with Crippen molar-refractivity contribution in [3.05, 3.63) is 23.5 Å². The molecule has 16 heavy (non-hydrogen) atoms. The van der Waals surface area contributed by atoms with Crippen molar-refractivity contribution in [1.82, 2.24) is 0 Å². The molecule has 0 bridgehead atoms. The van der Waals surface area contributed by atoms with Crippen molar-refractivity contribution in [3.63, 3.8) is 0 Å². The summed E-state index contributed by atoms with van der Waals surface area (Å²) in [5, 5.41) is 8.52. The standard InChI is InChI=1S/C8H5F4NO3/c9-4-1-3(7(14)15)6(2-5(4)13)16-8(10,11)12/h1-2H,13H2,(H,14,15). The number of ether oxygens (including phenoxy) is 1. The molecule has 0 unspecified atom stereocenters. The van der Waals surface area contributed by atoms with Gasteiger partial charge in [0.05, 0.1) is 5.69 Å². The molecule has 0 saturated carbocycles. The van der Waals surface area contributed by atoms with Crippen molar-refractivity contribution in [2.45, 2.75) is 6.36 Å². The number of hydrogen-bond donors (Lipinski definition) is 2. The number of benzene rings is 1. The predicted molar refractivity (Wildman–Crippen MR) is 44.5 cm³/mol. The van der Waals surface area contributed by atoms with Crippen molar-refractivity contribution in [3.8, 4) is 5.75 Å². The fraction of sp³-hybridized carbons (Fsp3) is 0.125. The molecule has 1 rings (SSSR count). The van der Waals surface area contributed by atoms with E-state index in [1.807, 2.05) is 0 Å². The highest BCUT2D eigenvalue weighted by atomic mass is 19.4. The van der Waals surface area contributed by atoms with E-state index in [0.29, 0.717) is 12.1 Å². The summed E-state index contributed by atoms with van der Waals surface area (Å²) in [5.41, 5.74) is 3.40. The highest BCUT2D eigenvalue weighted by Crippen LogP contribution is 2.29. The molecule has 0 aliphatic carbocycles. The molecule has 0 spiro atoms. The number of halogens is 4. The van der Waals surface area contributed by atoms with E-state index in [1.54, 1.807) is 0 Å². The minimum absolute atomic E-state index is 0.360. The summed E-state index contributed by atoms with van der Waals surface area (Å²) >= 11 is 0. The van der Waals surface area contributed by atoms with E-state index in [2.05, 4.69) is 4.74 Å². The fourth-order valence-electron chi connectivity index (χ4n) is 0.945. The molecule has 4 nitrogen and oxygen atoms in total. The predicted octanol–water partition coefficient (Wildman–Crippen LogP) is 2.00. The Morgan fingerprint density at radius 1 is 1.38 bits per heavy atom. The number of carbonyl (C=O) groups is 1. The van der Waals surface area contributed by atoms with Crippen molar-refractivity contribution < 1.29 is 32.2 Å². The van der Waals surface area contributed by atoms with Crippen LogP contribution in [0.2, 0.25) is 0 Å². The molecule has 0 radical (unpaired) electrons. The topological polar surface area (TPSA) is 72.5 Å². The van der Waals surface area contributed by atoms with Crippen LogP contribution in [0.25, 0.3) is 0 Å². The van der Waals surface area contributed by atoms with Crippen LogP contribution in [0.5, 0.6) is 5.75 Å². The molecule has 0 atom stereocenters. The molecule has 0 saturated heterocycles. The van der Waals surface area contributed by atoms with E-state index < -0.39 is 35.1 Å². The number of alkyl halides is 3. The van der Waals surface area contributed by atoms with Crippen LogP contribution in [-0.4, -0.2) is 17.4 Å². The first-order valence-corrected chi connectivity index (χ1v) is 3.79. The Morgan fingerprint density at radius 2 is 1.94 bits per heavy atom. The average molecular weight is 239 g/mol. The Hall–Kier alpha value is -1.99. The highest BCUT2D eigenvalue weighted by molar-refractivity contribution is 5.91. The lowest BCUT2D eigenvalue weighted by Gasteiger charge is -2.12. The van der Waals surface area contributed by atoms with Crippen molar-refractivity contribution in [2.24, 2.45) is 0 Å². The number of nitrogens with two attached hydrogens (primary N) is 1. The molecule has 0 aliphatic rings. The van der Waals surface area contributed by atoms with Gasteiger partial charge in [0.2, 0.25) is 0 Å². The van der Waals surface area contributed by atoms with Crippen LogP contribution in [0.4, 0.5) is 23.2 Å². The normalized spacial score (nSPS) is 11.2. The van der Waals surface area contributed by atoms with E-state index in [4.69, 9.17) is 10.8 Å². The van der Waals surface area contributed by atoms with Crippen LogP contribution in [0, 0.1) is 5.82 Å². The third kappa shape index (κ3) is 2.75. The van der Waals surface area contributed by atoms with Gasteiger partial charge in [-0.05, 0) is 6.07 Å². The maximum Gasteiger partial charge on any atom is 0.573 e. The van der Waals surface area contributed by atoms with Gasteiger partial charge in [0.25, 0.3) is 0 Å². The summed E-state index contributed by atoms with van der Waals surface area (Å²) in [5.74, 6) is -3.94. The molecule has 8 heteroatoms. The lowest BCUT2D eigenvalue weighted by atomic mass is 10.2. The van der Waals surface area contributed by atoms with Gasteiger partial charge in [0.15, 0.2) is 0 Å². The highest BCUT2D eigenvalue weighted by Gasteiger charge is 2.33. The lowest BCUT2D eigenvalue weighted by Crippen LogP contribution is -2.19. The number of rotatable bonds is 2. The first-order chi connectivity index (χ1) is 7.20. The van der Waals surface area contributed by atoms with Gasteiger partial charge < -0.3 is 15.6 Å². The Labute approximate surface area is 86.2 Å². The average Bonchev–Trinajstić information content (AvgIpc) is 2.07. The summed E-state index contributed by atoms with van der Waals surface area (Å²) in [6.45, 7) is 0. The van der Waals surface area contributed by atoms with E-state index in [9.17, 15) is 22.4 Å². The monoisotopic (exact) mass is 239 g/mol. The van der Waals surface area contributed by atoms with E-state index in [-0.39, 0.29) is 0 Å². The number of aromatic carboxylic acids is 1. The second-order valence-corrected chi connectivity index (χ2v) is 2.72. The van der Waals surface area contributed by atoms with Gasteiger partial charge in [-0.1, -0.05) is 0 Å². The zero-order valence-corrected chi connectivity index (χ0v) is 7.51. The molecule has 1 aromatic carbocycles. The van der Waals surface area contributed by atoms with E-state index in [1.165, 1.54) is 0 Å². The van der Waals surface area contributed by atoms with E-state index >= 15 is 0 Å². The number of nitrogen functional groups attached to an aromatic ring is 1. The number of carboxylic acids is 1. The van der Waals surface area contributed by atoms with Crippen LogP contribution in [0.15, 0.2) is 12.1 Å². The number of carboxylic acid groups (broad SMARTS) is 1. The summed E-state index contributed by atoms with van der Waals surface area (Å²) in [4.78, 5) is 10.5. The molecular formula is C8H5F4NO3. The third-order valence-corrected chi connectivity index (χ3v) is 1.55. The Bertz CT molecular complexity index is 430. The second kappa shape index (κ2) is 3.87. The fourth-order valence-corrected chi connectivity index (χ4v) is 0.945. The Kier molecular flexibility index (Phi) is 2.92. The number of anilines is 1. The van der Waals surface area contributed by atoms with Gasteiger partial charge in [-0.3, -0.25) is 0 Å². The van der Waals surface area contributed by atoms with Gasteiger partial charge in [-0.2, -0.15) is 0 Å². The molecular weight excluding hydrogens is 234 g/mol. The summed E-state index contributed by atoms with van der Waals surface area (Å²) < 4.78 is 51.8. The molecule has 88 valence electrons. The third-order valence-electron chi connectivity index (χ3n) is 1.55. The summed E-state index contributed by atoms with van der Waals surface area (Å²) in [7, 11) is 0. The maximum atomic E-state index is 12.8. The van der Waals surface area contributed by atoms with Crippen LogP contribution in [0.3, 0.4) is 0 Å². The van der Waals surface area contributed by atoms with Gasteiger partial charge in [-0.25, -0.2) is 9.18 Å². The van der Waals surface area contributed by atoms with Crippen LogP contribution in [-0.2, 0) is 0 Å². The quantitative estimate of drug-likeness (QED) is 0.611. The zero-order chi connectivity index (χ0) is 12.5. The van der Waals surface area contributed by atoms with Crippen molar-refractivity contribution in [1.29, 1.82) is 0 Å². The Morgan fingerprint density at radius 3 is 2.38 bits per heavy atom. The Balaban J connectivity index is 3.25. The molecule has 0 aliphatic heterocycles. The summed E-state index contributed by atoms with van der Waals surface area (Å²) in [6, 6.07) is 0.824. The number of hydrogen-bond acceptors (Lipinski definition) is 3. The van der Waals surface area contributed by atoms with Crippen molar-refractivity contribution in [2.75, 3.05) is 5.73 Å². The largest absolute Gasteiger partial charge is 0.573 e. The van der Waals surface area contributed by atoms with Gasteiger partial charge in [0, 0.05) is 6.07 Å². The first kappa shape index (κ1) is 12.1. The molecule has 0 amide bonds. The summed E-state index contributed by atoms with van der Waals surface area (Å²) in [6.07, 6.45) is -5.07. The smallest absolute Gasteiger partial charge is 0.478 e. The molecule has 0 fully saturated rings. The van der Waals surface area contributed by atoms with Gasteiger partial charge in [0.1, 0.15) is 17.1 Å². The van der Waals surface area contributed by atoms with E-state index in [0.717, 1.165) is 0 Å². The molecule has 0 aromatic heterocycles. The second-order valence-electron chi connectivity index (χ2n) is 2.72. The first-order valence-electron chi connectivity index (χ1n) is 3.79. The molecule has 0 heterocycles. The van der Waals surface area contributed by atoms with Crippen LogP contribution < -0.4 is 10.5 Å². The lowest BCUT2D eigenvalue weighted by molar-refractivity contribution is -0.274. The molecule has 3 N–H and O–H groups in total. The van der Waals surface area contributed by atoms with Gasteiger partial charge in [-0.15, -0.1) is 13.2 Å².